The molecule has 2 N–H and O–H groups in total. The molecule has 35 heavy (non-hydrogen) atoms. The maximum atomic E-state index is 9.55. The van der Waals surface area contributed by atoms with Crippen LogP contribution in [0.1, 0.15) is 24.0 Å². The number of nitrogens with zero attached hydrogens (tertiary/aromatic N) is 1. The monoisotopic (exact) mass is 479 g/mol. The topological polar surface area (TPSA) is 106 Å². The fourth-order valence-electron chi connectivity index (χ4n) is 5.14. The van der Waals surface area contributed by atoms with Crippen molar-refractivity contribution in [2.75, 3.05) is 27.9 Å². The first kappa shape index (κ1) is 24.3. The summed E-state index contributed by atoms with van der Waals surface area (Å²) in [6.07, 6.45) is 4.85. The number of carboxylic acid groups (broad SMARTS) is 2. The highest BCUT2D eigenvalue weighted by Gasteiger charge is 2.32. The summed E-state index contributed by atoms with van der Waals surface area (Å²) in [6, 6.07) is 11.4. The molecule has 184 valence electrons. The minimum absolute atomic E-state index is 0.558. The molecule has 1 fully saturated rings. The Morgan fingerprint density at radius 1 is 0.857 bits per heavy atom. The molecule has 8 nitrogen and oxygen atoms in total. The summed E-state index contributed by atoms with van der Waals surface area (Å²) in [7, 11) is 5.12. The number of hydrogen-bond donors (Lipinski definition) is 2. The van der Waals surface area contributed by atoms with E-state index in [-0.39, 0.29) is 0 Å². The van der Waals surface area contributed by atoms with Gasteiger partial charge < -0.3 is 24.4 Å². The average molecular weight is 480 g/mol. The second-order valence-electron chi connectivity index (χ2n) is 8.60. The van der Waals surface area contributed by atoms with E-state index in [1.165, 1.54) is 52.1 Å². The second kappa shape index (κ2) is 10.2. The Morgan fingerprint density at radius 2 is 1.49 bits per heavy atom. The number of aliphatic carboxylic acids is 2. The zero-order chi connectivity index (χ0) is 25.1. The summed E-state index contributed by atoms with van der Waals surface area (Å²) in [5.74, 6) is -0.0708. The molecule has 0 saturated carbocycles. The number of carboxylic acids is 2. The quantitative estimate of drug-likeness (QED) is 0.413. The number of rotatable bonds is 5. The van der Waals surface area contributed by atoms with E-state index in [4.69, 9.17) is 24.4 Å². The van der Waals surface area contributed by atoms with E-state index in [2.05, 4.69) is 35.2 Å². The predicted molar refractivity (Wildman–Crippen MR) is 133 cm³/mol. The van der Waals surface area contributed by atoms with Crippen molar-refractivity contribution in [1.29, 1.82) is 0 Å². The SMILES string of the molecule is COc1ccc2c3c(c4cc(OC)c(OC)cc4c2c1)CN1CCC[C@H]1C3.O=C(O)/C=C\C(=O)O. The Kier molecular flexibility index (Phi) is 7.12. The number of fused-ring (bicyclic) bond motifs is 7. The van der Waals surface area contributed by atoms with Crippen LogP contribution in [0.5, 0.6) is 17.2 Å². The molecule has 0 unspecified atom stereocenters. The molecule has 8 heteroatoms. The van der Waals surface area contributed by atoms with Crippen molar-refractivity contribution in [3.05, 3.63) is 53.6 Å². The lowest BCUT2D eigenvalue weighted by Crippen LogP contribution is -2.35. The molecule has 5 rings (SSSR count). The van der Waals surface area contributed by atoms with Crippen LogP contribution in [0.3, 0.4) is 0 Å². The summed E-state index contributed by atoms with van der Waals surface area (Å²) < 4.78 is 16.7. The zero-order valence-corrected chi connectivity index (χ0v) is 20.0. The zero-order valence-electron chi connectivity index (χ0n) is 20.0. The first-order valence-corrected chi connectivity index (χ1v) is 11.4. The first-order valence-electron chi connectivity index (χ1n) is 11.4. The van der Waals surface area contributed by atoms with Crippen molar-refractivity contribution >= 4 is 33.5 Å². The Balaban J connectivity index is 0.000000314. The van der Waals surface area contributed by atoms with Gasteiger partial charge in [-0.25, -0.2) is 9.59 Å². The van der Waals surface area contributed by atoms with Gasteiger partial charge in [0.05, 0.1) is 21.3 Å². The summed E-state index contributed by atoms with van der Waals surface area (Å²) in [5.41, 5.74) is 2.94. The van der Waals surface area contributed by atoms with Gasteiger partial charge in [-0.1, -0.05) is 6.07 Å². The smallest absolute Gasteiger partial charge is 0.328 e. The van der Waals surface area contributed by atoms with Crippen LogP contribution in [-0.2, 0) is 22.6 Å². The minimum Gasteiger partial charge on any atom is -0.497 e. The number of ether oxygens (including phenoxy) is 3. The third kappa shape index (κ3) is 4.88. The van der Waals surface area contributed by atoms with Crippen LogP contribution in [0.25, 0.3) is 21.5 Å². The standard InChI is InChI=1S/C23H25NO3.C4H4O4/c1-25-15-6-7-16-17-9-14-5-4-8-24(14)13-21(17)20-12-23(27-3)22(26-2)11-19(20)18(16)10-15;5-3(6)1-2-4(7)8/h6-7,10-12,14H,4-5,8-9,13H2,1-3H3;1-2H,(H,5,6)(H,7,8)/b;2-1-/t14-;/m0./s1. The van der Waals surface area contributed by atoms with Crippen LogP contribution in [0.2, 0.25) is 0 Å². The fraction of sp³-hybridized carbons (Fsp3) is 0.333. The lowest BCUT2D eigenvalue weighted by Gasteiger charge is -2.33. The van der Waals surface area contributed by atoms with Crippen molar-refractivity contribution in [2.24, 2.45) is 0 Å². The predicted octanol–water partition coefficient (Wildman–Crippen LogP) is 4.25. The van der Waals surface area contributed by atoms with Crippen molar-refractivity contribution in [1.82, 2.24) is 4.90 Å². The molecule has 1 saturated heterocycles. The van der Waals surface area contributed by atoms with E-state index >= 15 is 0 Å². The van der Waals surface area contributed by atoms with Crippen LogP contribution in [0.4, 0.5) is 0 Å². The fourth-order valence-corrected chi connectivity index (χ4v) is 5.14. The third-order valence-electron chi connectivity index (χ3n) is 6.72. The number of carbonyl (C=O) groups is 2. The molecule has 2 heterocycles. The van der Waals surface area contributed by atoms with Crippen molar-refractivity contribution < 1.29 is 34.0 Å². The van der Waals surface area contributed by atoms with Crippen LogP contribution in [0.15, 0.2) is 42.5 Å². The summed E-state index contributed by atoms with van der Waals surface area (Å²) >= 11 is 0. The number of methoxy groups -OCH3 is 3. The van der Waals surface area contributed by atoms with Gasteiger partial charge in [0.25, 0.3) is 0 Å². The molecule has 0 bridgehead atoms. The number of benzene rings is 3. The van der Waals surface area contributed by atoms with E-state index < -0.39 is 11.9 Å². The highest BCUT2D eigenvalue weighted by molar-refractivity contribution is 6.12. The lowest BCUT2D eigenvalue weighted by molar-refractivity contribution is -0.134. The summed E-state index contributed by atoms with van der Waals surface area (Å²) in [6.45, 7) is 2.23. The Hall–Kier alpha value is -3.78. The molecule has 0 radical (unpaired) electrons. The van der Waals surface area contributed by atoms with E-state index in [1.807, 2.05) is 0 Å². The molecular formula is C27H29NO7. The molecule has 0 spiro atoms. The minimum atomic E-state index is -1.26. The Bertz CT molecular complexity index is 1300. The number of hydrogen-bond acceptors (Lipinski definition) is 6. The van der Waals surface area contributed by atoms with Gasteiger partial charge in [0.2, 0.25) is 0 Å². The van der Waals surface area contributed by atoms with Crippen LogP contribution in [0, 0.1) is 0 Å². The van der Waals surface area contributed by atoms with Gasteiger partial charge >= 0.3 is 11.9 Å². The molecule has 0 aliphatic carbocycles. The van der Waals surface area contributed by atoms with Crippen LogP contribution >= 0.6 is 0 Å². The molecule has 2 aliphatic heterocycles. The average Bonchev–Trinajstić information content (AvgIpc) is 3.33. The molecule has 0 amide bonds. The normalized spacial score (nSPS) is 16.9. The van der Waals surface area contributed by atoms with Gasteiger partial charge in [0, 0.05) is 24.7 Å². The van der Waals surface area contributed by atoms with Crippen LogP contribution in [-0.4, -0.2) is 61.0 Å². The van der Waals surface area contributed by atoms with E-state index in [9.17, 15) is 9.59 Å². The third-order valence-corrected chi connectivity index (χ3v) is 6.72. The highest BCUT2D eigenvalue weighted by atomic mass is 16.5. The summed E-state index contributed by atoms with van der Waals surface area (Å²) in [5, 5.41) is 20.7. The maximum Gasteiger partial charge on any atom is 0.328 e. The molecule has 2 aliphatic rings. The van der Waals surface area contributed by atoms with Gasteiger partial charge in [0.1, 0.15) is 5.75 Å². The van der Waals surface area contributed by atoms with Gasteiger partial charge in [-0.15, -0.1) is 0 Å². The Labute approximate surface area is 203 Å². The van der Waals surface area contributed by atoms with Gasteiger partial charge in [0.15, 0.2) is 11.5 Å². The highest BCUT2D eigenvalue weighted by Crippen LogP contribution is 2.44. The van der Waals surface area contributed by atoms with Crippen LogP contribution < -0.4 is 14.2 Å². The molecule has 0 aromatic heterocycles. The van der Waals surface area contributed by atoms with Gasteiger partial charge in [-0.05, 0) is 82.7 Å². The molecule has 3 aromatic carbocycles. The van der Waals surface area contributed by atoms with E-state index in [0.29, 0.717) is 18.2 Å². The van der Waals surface area contributed by atoms with E-state index in [0.717, 1.165) is 30.2 Å². The molecule has 3 aromatic rings. The van der Waals surface area contributed by atoms with Crippen molar-refractivity contribution in [2.45, 2.75) is 31.8 Å². The van der Waals surface area contributed by atoms with Crippen molar-refractivity contribution in [3.63, 3.8) is 0 Å². The summed E-state index contributed by atoms with van der Waals surface area (Å²) in [4.78, 5) is 21.8. The second-order valence-corrected chi connectivity index (χ2v) is 8.60. The van der Waals surface area contributed by atoms with Gasteiger partial charge in [-0.3, -0.25) is 4.90 Å². The lowest BCUT2D eigenvalue weighted by atomic mass is 9.85. The van der Waals surface area contributed by atoms with Crippen molar-refractivity contribution in [3.8, 4) is 17.2 Å². The van der Waals surface area contributed by atoms with Gasteiger partial charge in [-0.2, -0.15) is 0 Å². The van der Waals surface area contributed by atoms with E-state index in [1.54, 1.807) is 21.3 Å². The first-order chi connectivity index (χ1) is 16.9. The largest absolute Gasteiger partial charge is 0.497 e. The Morgan fingerprint density at radius 3 is 2.09 bits per heavy atom. The maximum absolute atomic E-state index is 9.55. The molecule has 1 atom stereocenters. The molecular weight excluding hydrogens is 450 g/mol.